The van der Waals surface area contributed by atoms with E-state index >= 15 is 0 Å². The van der Waals surface area contributed by atoms with Crippen LogP contribution in [-0.4, -0.2) is 18.1 Å². The van der Waals surface area contributed by atoms with Crippen LogP contribution in [0.4, 0.5) is 0 Å². The first-order valence-electron chi connectivity index (χ1n) is 4.52. The number of rotatable bonds is 4. The molecule has 1 atom stereocenters. The largest absolute Gasteiger partial charge is 0.327 e. The lowest BCUT2D eigenvalue weighted by molar-refractivity contribution is 0.749. The zero-order valence-corrected chi connectivity index (χ0v) is 9.10. The van der Waals surface area contributed by atoms with E-state index in [1.165, 1.54) is 11.1 Å². The minimum atomic E-state index is 0.289. The lowest BCUT2D eigenvalue weighted by Gasteiger charge is -2.09. The molecule has 2 N–H and O–H groups in total. The van der Waals surface area contributed by atoms with Crippen molar-refractivity contribution in [2.24, 2.45) is 5.73 Å². The molecule has 0 heterocycles. The standard InChI is InChI=1S/C11H17NS/c1-9-4-3-5-10(6-9)7-11(12)8-13-2/h3-6,11H,7-8,12H2,1-2H3. The molecule has 2 heteroatoms. The molecule has 1 aromatic carbocycles. The smallest absolute Gasteiger partial charge is 0.0171 e. The van der Waals surface area contributed by atoms with E-state index in [2.05, 4.69) is 37.4 Å². The Morgan fingerprint density at radius 1 is 1.46 bits per heavy atom. The number of aryl methyl sites for hydroxylation is 1. The third kappa shape index (κ3) is 3.83. The molecular weight excluding hydrogens is 178 g/mol. The second-order valence-electron chi connectivity index (χ2n) is 3.41. The van der Waals surface area contributed by atoms with Crippen molar-refractivity contribution in [3.63, 3.8) is 0 Å². The summed E-state index contributed by atoms with van der Waals surface area (Å²) in [6, 6.07) is 8.85. The average molecular weight is 195 g/mol. The van der Waals surface area contributed by atoms with E-state index in [9.17, 15) is 0 Å². The molecule has 0 fully saturated rings. The fourth-order valence-corrected chi connectivity index (χ4v) is 1.96. The second kappa shape index (κ2) is 5.30. The Morgan fingerprint density at radius 3 is 2.85 bits per heavy atom. The first-order chi connectivity index (χ1) is 6.22. The molecule has 13 heavy (non-hydrogen) atoms. The van der Waals surface area contributed by atoms with Gasteiger partial charge in [-0.1, -0.05) is 29.8 Å². The van der Waals surface area contributed by atoms with Gasteiger partial charge in [-0.2, -0.15) is 11.8 Å². The molecule has 0 spiro atoms. The van der Waals surface area contributed by atoms with Gasteiger partial charge >= 0.3 is 0 Å². The lowest BCUT2D eigenvalue weighted by atomic mass is 10.1. The van der Waals surface area contributed by atoms with Crippen molar-refractivity contribution in [3.8, 4) is 0 Å². The van der Waals surface area contributed by atoms with Crippen LogP contribution in [0.3, 0.4) is 0 Å². The van der Waals surface area contributed by atoms with Gasteiger partial charge in [-0.25, -0.2) is 0 Å². The van der Waals surface area contributed by atoms with Gasteiger partial charge in [0.1, 0.15) is 0 Å². The fraction of sp³-hybridized carbons (Fsp3) is 0.455. The summed E-state index contributed by atoms with van der Waals surface area (Å²) in [6.45, 7) is 2.11. The highest BCUT2D eigenvalue weighted by molar-refractivity contribution is 7.98. The van der Waals surface area contributed by atoms with Gasteiger partial charge in [-0.05, 0) is 25.2 Å². The van der Waals surface area contributed by atoms with E-state index in [4.69, 9.17) is 5.73 Å². The molecule has 1 rings (SSSR count). The predicted octanol–water partition coefficient (Wildman–Crippen LogP) is 2.23. The normalized spacial score (nSPS) is 12.8. The summed E-state index contributed by atoms with van der Waals surface area (Å²) in [5.74, 6) is 1.04. The van der Waals surface area contributed by atoms with Crippen LogP contribution in [0.5, 0.6) is 0 Å². The highest BCUT2D eigenvalue weighted by Crippen LogP contribution is 2.07. The molecule has 1 aromatic rings. The summed E-state index contributed by atoms with van der Waals surface area (Å²) in [5, 5.41) is 0. The second-order valence-corrected chi connectivity index (χ2v) is 4.32. The summed E-state index contributed by atoms with van der Waals surface area (Å²) in [6.07, 6.45) is 3.08. The van der Waals surface area contributed by atoms with E-state index in [1.54, 1.807) is 0 Å². The van der Waals surface area contributed by atoms with Crippen LogP contribution in [0.2, 0.25) is 0 Å². The van der Waals surface area contributed by atoms with E-state index in [-0.39, 0.29) is 6.04 Å². The summed E-state index contributed by atoms with van der Waals surface area (Å²) >= 11 is 1.81. The molecule has 0 saturated heterocycles. The molecule has 1 unspecified atom stereocenters. The van der Waals surface area contributed by atoms with Crippen LogP contribution in [0.1, 0.15) is 11.1 Å². The third-order valence-electron chi connectivity index (χ3n) is 1.96. The van der Waals surface area contributed by atoms with Crippen molar-refractivity contribution in [1.29, 1.82) is 0 Å². The molecule has 0 aliphatic carbocycles. The van der Waals surface area contributed by atoms with Gasteiger partial charge in [0.05, 0.1) is 0 Å². The summed E-state index contributed by atoms with van der Waals surface area (Å²) in [7, 11) is 0. The van der Waals surface area contributed by atoms with E-state index in [0.717, 1.165) is 12.2 Å². The number of hydrogen-bond donors (Lipinski definition) is 1. The highest BCUT2D eigenvalue weighted by atomic mass is 32.2. The monoisotopic (exact) mass is 195 g/mol. The Bertz CT molecular complexity index is 260. The van der Waals surface area contributed by atoms with Crippen molar-refractivity contribution < 1.29 is 0 Å². The molecule has 0 aliphatic heterocycles. The van der Waals surface area contributed by atoms with E-state index in [0.29, 0.717) is 0 Å². The van der Waals surface area contributed by atoms with Crippen molar-refractivity contribution in [2.45, 2.75) is 19.4 Å². The lowest BCUT2D eigenvalue weighted by Crippen LogP contribution is -2.25. The minimum Gasteiger partial charge on any atom is -0.327 e. The summed E-state index contributed by atoms with van der Waals surface area (Å²) in [4.78, 5) is 0. The molecule has 0 saturated carbocycles. The first kappa shape index (κ1) is 10.6. The topological polar surface area (TPSA) is 26.0 Å². The Morgan fingerprint density at radius 2 is 2.23 bits per heavy atom. The van der Waals surface area contributed by atoms with Gasteiger partial charge < -0.3 is 5.73 Å². The van der Waals surface area contributed by atoms with Gasteiger partial charge in [-0.15, -0.1) is 0 Å². The van der Waals surface area contributed by atoms with E-state index in [1.807, 2.05) is 11.8 Å². The van der Waals surface area contributed by atoms with Crippen LogP contribution in [0.25, 0.3) is 0 Å². The molecule has 1 nitrogen and oxygen atoms in total. The molecule has 0 aliphatic rings. The van der Waals surface area contributed by atoms with Crippen LogP contribution in [0, 0.1) is 6.92 Å². The Kier molecular flexibility index (Phi) is 4.33. The maximum absolute atomic E-state index is 5.95. The van der Waals surface area contributed by atoms with Gasteiger partial charge in [-0.3, -0.25) is 0 Å². The summed E-state index contributed by atoms with van der Waals surface area (Å²) < 4.78 is 0. The maximum Gasteiger partial charge on any atom is 0.0171 e. The number of nitrogens with two attached hydrogens (primary N) is 1. The average Bonchev–Trinajstić information content (AvgIpc) is 2.04. The van der Waals surface area contributed by atoms with Crippen molar-refractivity contribution in [2.75, 3.05) is 12.0 Å². The van der Waals surface area contributed by atoms with Gasteiger partial charge in [0.25, 0.3) is 0 Å². The summed E-state index contributed by atoms with van der Waals surface area (Å²) in [5.41, 5.74) is 8.61. The molecule has 0 amide bonds. The van der Waals surface area contributed by atoms with Gasteiger partial charge in [0.15, 0.2) is 0 Å². The maximum atomic E-state index is 5.95. The van der Waals surface area contributed by atoms with Crippen LogP contribution in [-0.2, 0) is 6.42 Å². The number of thioether (sulfide) groups is 1. The minimum absolute atomic E-state index is 0.289. The first-order valence-corrected chi connectivity index (χ1v) is 5.92. The van der Waals surface area contributed by atoms with Crippen molar-refractivity contribution >= 4 is 11.8 Å². The predicted molar refractivity (Wildman–Crippen MR) is 61.2 cm³/mol. The van der Waals surface area contributed by atoms with Crippen molar-refractivity contribution in [1.82, 2.24) is 0 Å². The van der Waals surface area contributed by atoms with Crippen LogP contribution in [0.15, 0.2) is 24.3 Å². The quantitative estimate of drug-likeness (QED) is 0.797. The zero-order chi connectivity index (χ0) is 9.68. The van der Waals surface area contributed by atoms with E-state index < -0.39 is 0 Å². The fourth-order valence-electron chi connectivity index (χ4n) is 1.41. The third-order valence-corrected chi connectivity index (χ3v) is 2.72. The van der Waals surface area contributed by atoms with Gasteiger partial charge in [0.2, 0.25) is 0 Å². The Labute approximate surface area is 84.7 Å². The van der Waals surface area contributed by atoms with Gasteiger partial charge in [0, 0.05) is 11.8 Å². The molecule has 0 bridgehead atoms. The number of hydrogen-bond acceptors (Lipinski definition) is 2. The zero-order valence-electron chi connectivity index (χ0n) is 8.29. The molecule has 0 radical (unpaired) electrons. The Hall–Kier alpha value is -0.470. The van der Waals surface area contributed by atoms with Crippen molar-refractivity contribution in [3.05, 3.63) is 35.4 Å². The van der Waals surface area contributed by atoms with Crippen LogP contribution < -0.4 is 5.73 Å². The number of benzene rings is 1. The Balaban J connectivity index is 2.53. The SMILES string of the molecule is CSCC(N)Cc1cccc(C)c1. The molecule has 72 valence electrons. The highest BCUT2D eigenvalue weighted by Gasteiger charge is 2.02. The molecular formula is C11H17NS. The van der Waals surface area contributed by atoms with Crippen LogP contribution >= 0.6 is 11.8 Å². The molecule has 0 aromatic heterocycles.